The van der Waals surface area contributed by atoms with Gasteiger partial charge in [-0.05, 0) is 49.4 Å². The first kappa shape index (κ1) is 13.9. The number of piperidine rings is 1. The van der Waals surface area contributed by atoms with Crippen molar-refractivity contribution in [1.29, 1.82) is 0 Å². The maximum atomic E-state index is 12.4. The number of hydrogen-bond acceptors (Lipinski definition) is 3. The molecule has 1 fully saturated rings. The molecule has 0 saturated carbocycles. The predicted molar refractivity (Wildman–Crippen MR) is 75.1 cm³/mol. The average molecular weight is 262 g/mol. The van der Waals surface area contributed by atoms with Gasteiger partial charge in [0.2, 0.25) is 0 Å². The quantitative estimate of drug-likeness (QED) is 0.853. The Labute approximate surface area is 114 Å². The fourth-order valence-electron chi connectivity index (χ4n) is 2.57. The van der Waals surface area contributed by atoms with E-state index >= 15 is 0 Å². The zero-order chi connectivity index (χ0) is 14.0. The lowest BCUT2D eigenvalue weighted by Crippen LogP contribution is -2.45. The summed E-state index contributed by atoms with van der Waals surface area (Å²) in [5.41, 5.74) is 7.09. The molecule has 19 heavy (non-hydrogen) atoms. The summed E-state index contributed by atoms with van der Waals surface area (Å²) in [6.45, 7) is 6.11. The van der Waals surface area contributed by atoms with Crippen LogP contribution in [0.25, 0.3) is 0 Å². The van der Waals surface area contributed by atoms with E-state index in [1.54, 1.807) is 18.2 Å². The van der Waals surface area contributed by atoms with Crippen molar-refractivity contribution in [2.45, 2.75) is 20.3 Å². The monoisotopic (exact) mass is 262 g/mol. The highest BCUT2D eigenvalue weighted by molar-refractivity contribution is 5.94. The van der Waals surface area contributed by atoms with Crippen molar-refractivity contribution in [3.8, 4) is 5.75 Å². The summed E-state index contributed by atoms with van der Waals surface area (Å²) < 4.78 is 0. The lowest BCUT2D eigenvalue weighted by Gasteiger charge is -2.36. The molecule has 0 bridgehead atoms. The van der Waals surface area contributed by atoms with Gasteiger partial charge in [-0.25, -0.2) is 0 Å². The van der Waals surface area contributed by atoms with Gasteiger partial charge in [0.15, 0.2) is 0 Å². The minimum absolute atomic E-state index is 0.0133. The second kappa shape index (κ2) is 5.61. The molecule has 104 valence electrons. The van der Waals surface area contributed by atoms with E-state index in [1.807, 2.05) is 11.8 Å². The fourth-order valence-corrected chi connectivity index (χ4v) is 2.57. The molecule has 4 nitrogen and oxygen atoms in total. The fraction of sp³-hybridized carbons (Fsp3) is 0.533. The number of nitrogens with zero attached hydrogens (tertiary/aromatic N) is 1. The van der Waals surface area contributed by atoms with Crippen LogP contribution in [-0.4, -0.2) is 35.5 Å². The summed E-state index contributed by atoms with van der Waals surface area (Å²) in [6, 6.07) is 5.09. The number of phenolic OH excluding ortho intramolecular Hbond substituents is 1. The predicted octanol–water partition coefficient (Wildman–Crippen LogP) is 1.76. The molecule has 1 aliphatic heterocycles. The number of aromatic hydroxyl groups is 1. The van der Waals surface area contributed by atoms with E-state index in [0.29, 0.717) is 30.5 Å². The largest absolute Gasteiger partial charge is 0.508 e. The lowest BCUT2D eigenvalue weighted by molar-refractivity contribution is 0.0618. The van der Waals surface area contributed by atoms with Crippen molar-refractivity contribution < 1.29 is 9.90 Å². The third-order valence-corrected chi connectivity index (χ3v) is 4.16. The Hall–Kier alpha value is -1.55. The number of hydrogen-bond donors (Lipinski definition) is 2. The Morgan fingerprint density at radius 2 is 2.26 bits per heavy atom. The van der Waals surface area contributed by atoms with E-state index in [9.17, 15) is 9.90 Å². The first-order valence-corrected chi connectivity index (χ1v) is 6.82. The second-order valence-electron chi connectivity index (χ2n) is 5.51. The van der Waals surface area contributed by atoms with Crippen LogP contribution in [0.4, 0.5) is 0 Å². The summed E-state index contributed by atoms with van der Waals surface area (Å²) in [4.78, 5) is 14.3. The van der Waals surface area contributed by atoms with Gasteiger partial charge in [-0.1, -0.05) is 13.0 Å². The summed E-state index contributed by atoms with van der Waals surface area (Å²) in [5.74, 6) is 1.10. The van der Waals surface area contributed by atoms with Crippen LogP contribution in [0.1, 0.15) is 29.3 Å². The summed E-state index contributed by atoms with van der Waals surface area (Å²) >= 11 is 0. The molecule has 4 heteroatoms. The van der Waals surface area contributed by atoms with Crippen LogP contribution in [0.15, 0.2) is 18.2 Å². The van der Waals surface area contributed by atoms with Crippen LogP contribution in [0.2, 0.25) is 0 Å². The van der Waals surface area contributed by atoms with Gasteiger partial charge >= 0.3 is 0 Å². The van der Waals surface area contributed by atoms with Crippen molar-refractivity contribution in [2.24, 2.45) is 17.6 Å². The number of phenols is 1. The Bertz CT molecular complexity index is 473. The Morgan fingerprint density at radius 1 is 1.53 bits per heavy atom. The van der Waals surface area contributed by atoms with Crippen LogP contribution < -0.4 is 5.73 Å². The summed E-state index contributed by atoms with van der Waals surface area (Å²) in [6.07, 6.45) is 0.992. The molecule has 0 aliphatic carbocycles. The molecular weight excluding hydrogens is 240 g/mol. The molecule has 0 radical (unpaired) electrons. The number of carbonyl (C=O) groups excluding carboxylic acids is 1. The molecule has 1 aromatic carbocycles. The zero-order valence-electron chi connectivity index (χ0n) is 11.6. The van der Waals surface area contributed by atoms with E-state index in [2.05, 4.69) is 6.92 Å². The number of aryl methyl sites for hydroxylation is 1. The normalized spacial score (nSPS) is 23.4. The highest BCUT2D eigenvalue weighted by atomic mass is 16.3. The topological polar surface area (TPSA) is 66.6 Å². The second-order valence-corrected chi connectivity index (χ2v) is 5.51. The number of nitrogens with two attached hydrogens (primary N) is 1. The number of likely N-dealkylation sites (tertiary alicyclic amines) is 1. The molecule has 3 N–H and O–H groups in total. The van der Waals surface area contributed by atoms with Gasteiger partial charge < -0.3 is 15.7 Å². The molecule has 1 aromatic rings. The van der Waals surface area contributed by atoms with Crippen LogP contribution in [-0.2, 0) is 0 Å². The van der Waals surface area contributed by atoms with Crippen LogP contribution >= 0.6 is 0 Å². The Kier molecular flexibility index (Phi) is 4.10. The zero-order valence-corrected chi connectivity index (χ0v) is 11.6. The molecule has 1 saturated heterocycles. The first-order chi connectivity index (χ1) is 9.02. The van der Waals surface area contributed by atoms with Gasteiger partial charge in [-0.15, -0.1) is 0 Å². The standard InChI is InChI=1S/C15H22N2O2/c1-10-5-6-17(9-13(10)8-16)15(19)12-4-3-11(2)14(18)7-12/h3-4,7,10,13,18H,5-6,8-9,16H2,1-2H3. The number of carbonyl (C=O) groups is 1. The number of amides is 1. The minimum atomic E-state index is -0.0133. The SMILES string of the molecule is Cc1ccc(C(=O)N2CCC(C)C(CN)C2)cc1O. The average Bonchev–Trinajstić information content (AvgIpc) is 2.41. The number of rotatable bonds is 2. The third kappa shape index (κ3) is 2.89. The van der Waals surface area contributed by atoms with E-state index in [-0.39, 0.29) is 11.7 Å². The van der Waals surface area contributed by atoms with Gasteiger partial charge in [-0.2, -0.15) is 0 Å². The molecule has 2 unspecified atom stereocenters. The molecule has 0 spiro atoms. The van der Waals surface area contributed by atoms with Gasteiger partial charge in [0, 0.05) is 18.7 Å². The van der Waals surface area contributed by atoms with Gasteiger partial charge in [0.25, 0.3) is 5.91 Å². The molecule has 1 amide bonds. The van der Waals surface area contributed by atoms with Gasteiger partial charge in [0.1, 0.15) is 5.75 Å². The highest BCUT2D eigenvalue weighted by Gasteiger charge is 2.28. The highest BCUT2D eigenvalue weighted by Crippen LogP contribution is 2.25. The Morgan fingerprint density at radius 3 is 2.89 bits per heavy atom. The van der Waals surface area contributed by atoms with Crippen molar-refractivity contribution >= 4 is 5.91 Å². The maximum Gasteiger partial charge on any atom is 0.253 e. The molecule has 1 heterocycles. The van der Waals surface area contributed by atoms with E-state index in [0.717, 1.165) is 18.5 Å². The van der Waals surface area contributed by atoms with Crippen molar-refractivity contribution in [3.05, 3.63) is 29.3 Å². The van der Waals surface area contributed by atoms with Crippen molar-refractivity contribution in [2.75, 3.05) is 19.6 Å². The van der Waals surface area contributed by atoms with Crippen LogP contribution in [0, 0.1) is 18.8 Å². The third-order valence-electron chi connectivity index (χ3n) is 4.16. The van der Waals surface area contributed by atoms with Gasteiger partial charge in [-0.3, -0.25) is 4.79 Å². The van der Waals surface area contributed by atoms with E-state index < -0.39 is 0 Å². The van der Waals surface area contributed by atoms with E-state index in [4.69, 9.17) is 5.73 Å². The van der Waals surface area contributed by atoms with Crippen molar-refractivity contribution in [1.82, 2.24) is 4.90 Å². The van der Waals surface area contributed by atoms with Crippen LogP contribution in [0.5, 0.6) is 5.75 Å². The Balaban J connectivity index is 2.13. The van der Waals surface area contributed by atoms with Crippen LogP contribution in [0.3, 0.4) is 0 Å². The molecule has 1 aliphatic rings. The molecule has 0 aromatic heterocycles. The summed E-state index contributed by atoms with van der Waals surface area (Å²) in [5, 5.41) is 9.70. The molecular formula is C15H22N2O2. The summed E-state index contributed by atoms with van der Waals surface area (Å²) in [7, 11) is 0. The van der Waals surface area contributed by atoms with Gasteiger partial charge in [0.05, 0.1) is 0 Å². The minimum Gasteiger partial charge on any atom is -0.508 e. The van der Waals surface area contributed by atoms with Crippen molar-refractivity contribution in [3.63, 3.8) is 0 Å². The maximum absolute atomic E-state index is 12.4. The number of benzene rings is 1. The smallest absolute Gasteiger partial charge is 0.253 e. The molecule has 2 rings (SSSR count). The van der Waals surface area contributed by atoms with E-state index in [1.165, 1.54) is 0 Å². The molecule has 2 atom stereocenters. The lowest BCUT2D eigenvalue weighted by atomic mass is 9.87. The first-order valence-electron chi connectivity index (χ1n) is 6.82.